The van der Waals surface area contributed by atoms with Gasteiger partial charge >= 0.3 is 12.1 Å². The summed E-state index contributed by atoms with van der Waals surface area (Å²) in [5, 5.41) is 0. The van der Waals surface area contributed by atoms with Gasteiger partial charge in [0.05, 0.1) is 11.1 Å². The fourth-order valence-electron chi connectivity index (χ4n) is 1.91. The van der Waals surface area contributed by atoms with E-state index >= 15 is 0 Å². The molecule has 0 fully saturated rings. The lowest BCUT2D eigenvalue weighted by Crippen LogP contribution is -2.03. The Kier molecular flexibility index (Phi) is 4.96. The van der Waals surface area contributed by atoms with Gasteiger partial charge in [0.1, 0.15) is 5.75 Å². The van der Waals surface area contributed by atoms with Crippen LogP contribution in [0.5, 0.6) is 5.75 Å². The second kappa shape index (κ2) is 6.77. The Morgan fingerprint density at radius 3 is 1.75 bits per heavy atom. The molecular weight excluding hydrogens is 341 g/mol. The van der Waals surface area contributed by atoms with Gasteiger partial charge < -0.3 is 4.74 Å². The van der Waals surface area contributed by atoms with Gasteiger partial charge in [-0.05, 0) is 17.7 Å². The zero-order chi connectivity index (χ0) is 18.0. The van der Waals surface area contributed by atoms with Crippen molar-refractivity contribution in [1.82, 2.24) is 0 Å². The van der Waals surface area contributed by atoms with Crippen LogP contribution >= 0.6 is 0 Å². The molecule has 2 aromatic rings. The molecule has 0 N–H and O–H groups in total. The minimum atomic E-state index is -2.69. The van der Waals surface area contributed by atoms with E-state index in [1.807, 2.05) is 0 Å². The Morgan fingerprint density at radius 1 is 0.833 bits per heavy atom. The van der Waals surface area contributed by atoms with Crippen LogP contribution in [-0.4, -0.2) is 0 Å². The molecule has 2 rings (SSSR count). The second-order valence-corrected chi connectivity index (χ2v) is 4.41. The topological polar surface area (TPSA) is 9.23 Å². The highest BCUT2D eigenvalue weighted by atomic mass is 19.3. The maximum Gasteiger partial charge on any atom is 0.344 e. The predicted octanol–water partition coefficient (Wildman–Crippen LogP) is 5.97. The second-order valence-electron chi connectivity index (χ2n) is 4.41. The molecule has 0 aliphatic rings. The van der Waals surface area contributed by atoms with E-state index in [1.165, 1.54) is 0 Å². The lowest BCUT2D eigenvalue weighted by atomic mass is 10.0. The smallest absolute Gasteiger partial charge is 0.344 e. The van der Waals surface area contributed by atoms with Gasteiger partial charge in [0.15, 0.2) is 23.3 Å². The lowest BCUT2D eigenvalue weighted by Gasteiger charge is -2.11. The molecule has 126 valence electrons. The molecule has 0 amide bonds. The van der Waals surface area contributed by atoms with E-state index in [-0.39, 0.29) is 5.56 Å². The third kappa shape index (κ3) is 3.12. The minimum absolute atomic E-state index is 0.309. The van der Waals surface area contributed by atoms with Crippen LogP contribution in [0.25, 0.3) is 17.2 Å². The zero-order valence-electron chi connectivity index (χ0n) is 11.6. The molecule has 0 aromatic heterocycles. The molecule has 0 spiro atoms. The van der Waals surface area contributed by atoms with E-state index in [0.717, 1.165) is 24.3 Å². The van der Waals surface area contributed by atoms with E-state index in [9.17, 15) is 30.7 Å². The van der Waals surface area contributed by atoms with Crippen molar-refractivity contribution in [3.05, 3.63) is 71.8 Å². The molecule has 0 aliphatic heterocycles. The number of halogens is 7. The summed E-state index contributed by atoms with van der Waals surface area (Å²) < 4.78 is 95.9. The van der Waals surface area contributed by atoms with Crippen molar-refractivity contribution in [1.29, 1.82) is 0 Å². The van der Waals surface area contributed by atoms with Crippen molar-refractivity contribution >= 4 is 6.08 Å². The Labute approximate surface area is 131 Å². The van der Waals surface area contributed by atoms with Gasteiger partial charge in [-0.25, -0.2) is 17.6 Å². The Bertz CT molecular complexity index is 792. The van der Waals surface area contributed by atoms with Crippen molar-refractivity contribution in [2.75, 3.05) is 0 Å². The summed E-state index contributed by atoms with van der Waals surface area (Å²) in [5.74, 6) is -6.98. The van der Waals surface area contributed by atoms with Crippen LogP contribution in [0.1, 0.15) is 5.56 Å². The van der Waals surface area contributed by atoms with E-state index in [0.29, 0.717) is 6.08 Å². The zero-order valence-corrected chi connectivity index (χ0v) is 11.6. The Morgan fingerprint density at radius 2 is 1.33 bits per heavy atom. The Balaban J connectivity index is 2.50. The van der Waals surface area contributed by atoms with Crippen molar-refractivity contribution in [3.8, 4) is 16.9 Å². The average Bonchev–Trinajstić information content (AvgIpc) is 2.55. The molecule has 0 saturated heterocycles. The molecule has 0 heterocycles. The molecule has 0 bridgehead atoms. The van der Waals surface area contributed by atoms with Crippen LogP contribution in [0, 0.1) is 23.3 Å². The maximum atomic E-state index is 14.0. The van der Waals surface area contributed by atoms with Crippen molar-refractivity contribution in [3.63, 3.8) is 0 Å². The molecule has 0 atom stereocenters. The molecule has 1 nitrogen and oxygen atoms in total. The van der Waals surface area contributed by atoms with Crippen LogP contribution < -0.4 is 4.74 Å². The minimum Gasteiger partial charge on any atom is -0.428 e. The standard InChI is InChI=1S/C16H7F7O/c1-2-9-11(17)13(19)10(14(20)12(9)18)7-3-5-8(6-4-7)24-16(23)15(21)22/h2-6H,1H2. The summed E-state index contributed by atoms with van der Waals surface area (Å²) in [6, 6.07) is 1.49. The molecule has 0 radical (unpaired) electrons. The van der Waals surface area contributed by atoms with Gasteiger partial charge in [-0.2, -0.15) is 13.2 Å². The highest BCUT2D eigenvalue weighted by molar-refractivity contribution is 5.68. The molecule has 0 saturated carbocycles. The summed E-state index contributed by atoms with van der Waals surface area (Å²) in [4.78, 5) is 0. The largest absolute Gasteiger partial charge is 0.428 e. The maximum absolute atomic E-state index is 14.0. The van der Waals surface area contributed by atoms with Gasteiger partial charge in [0.25, 0.3) is 0 Å². The quantitative estimate of drug-likeness (QED) is 0.376. The fraction of sp³-hybridized carbons (Fsp3) is 0. The summed E-state index contributed by atoms with van der Waals surface area (Å²) in [7, 11) is 0. The lowest BCUT2D eigenvalue weighted by molar-refractivity contribution is 0.241. The summed E-state index contributed by atoms with van der Waals surface area (Å²) in [5.41, 5.74) is -2.27. The van der Waals surface area contributed by atoms with E-state index in [4.69, 9.17) is 0 Å². The monoisotopic (exact) mass is 348 g/mol. The number of benzene rings is 2. The number of hydrogen-bond donors (Lipinski definition) is 0. The van der Waals surface area contributed by atoms with E-state index in [1.54, 1.807) is 0 Å². The normalized spacial score (nSPS) is 10.5. The van der Waals surface area contributed by atoms with Crippen LogP contribution in [0.4, 0.5) is 30.7 Å². The summed E-state index contributed by atoms with van der Waals surface area (Å²) in [6.45, 7) is 3.06. The highest BCUT2D eigenvalue weighted by Crippen LogP contribution is 2.33. The third-order valence-corrected chi connectivity index (χ3v) is 3.00. The van der Waals surface area contributed by atoms with Crippen LogP contribution in [-0.2, 0) is 0 Å². The number of hydrogen-bond acceptors (Lipinski definition) is 1. The van der Waals surface area contributed by atoms with Crippen molar-refractivity contribution in [2.45, 2.75) is 0 Å². The van der Waals surface area contributed by atoms with E-state index < -0.39 is 52.2 Å². The average molecular weight is 348 g/mol. The van der Waals surface area contributed by atoms with Gasteiger partial charge in [-0.3, -0.25) is 0 Å². The molecule has 8 heteroatoms. The first-order valence-electron chi connectivity index (χ1n) is 6.25. The Hall–Kier alpha value is -2.77. The van der Waals surface area contributed by atoms with E-state index in [2.05, 4.69) is 11.3 Å². The molecular formula is C16H7F7O. The molecule has 24 heavy (non-hydrogen) atoms. The predicted molar refractivity (Wildman–Crippen MR) is 72.8 cm³/mol. The first-order chi connectivity index (χ1) is 11.3. The van der Waals surface area contributed by atoms with Crippen LogP contribution in [0.2, 0.25) is 0 Å². The van der Waals surface area contributed by atoms with Gasteiger partial charge in [0, 0.05) is 0 Å². The third-order valence-electron chi connectivity index (χ3n) is 3.00. The van der Waals surface area contributed by atoms with Crippen LogP contribution in [0.3, 0.4) is 0 Å². The van der Waals surface area contributed by atoms with Crippen LogP contribution in [0.15, 0.2) is 42.9 Å². The SMILES string of the molecule is C=Cc1c(F)c(F)c(-c2ccc(OC(F)=C(F)F)cc2)c(F)c1F. The summed E-state index contributed by atoms with van der Waals surface area (Å²) in [6.07, 6.45) is -2.07. The van der Waals surface area contributed by atoms with Crippen molar-refractivity contribution < 1.29 is 35.5 Å². The first-order valence-corrected chi connectivity index (χ1v) is 6.25. The highest BCUT2D eigenvalue weighted by Gasteiger charge is 2.24. The molecule has 0 aliphatic carbocycles. The van der Waals surface area contributed by atoms with Crippen molar-refractivity contribution in [2.24, 2.45) is 0 Å². The number of rotatable bonds is 4. The van der Waals surface area contributed by atoms with Gasteiger partial charge in [0.2, 0.25) is 0 Å². The van der Waals surface area contributed by atoms with Gasteiger partial charge in [-0.15, -0.1) is 0 Å². The molecule has 0 unspecified atom stereocenters. The number of ether oxygens (including phenoxy) is 1. The van der Waals surface area contributed by atoms with Gasteiger partial charge in [-0.1, -0.05) is 24.8 Å². The summed E-state index contributed by atoms with van der Waals surface area (Å²) >= 11 is 0. The first kappa shape index (κ1) is 17.6. The molecule has 2 aromatic carbocycles. The fourth-order valence-corrected chi connectivity index (χ4v) is 1.91.